The van der Waals surface area contributed by atoms with Crippen molar-refractivity contribution in [3.05, 3.63) is 28.8 Å². The number of rotatable bonds is 7. The normalized spacial score (nSPS) is 13.7. The third-order valence-electron chi connectivity index (χ3n) is 3.04. The van der Waals surface area contributed by atoms with E-state index in [1.807, 2.05) is 19.1 Å². The number of carbonyl (C=O) groups excluding carboxylic acids is 1. The Kier molecular flexibility index (Phi) is 6.82. The van der Waals surface area contributed by atoms with Crippen LogP contribution in [0.2, 0.25) is 5.02 Å². The van der Waals surface area contributed by atoms with E-state index < -0.39 is 6.10 Å². The summed E-state index contributed by atoms with van der Waals surface area (Å²) in [4.78, 5) is 11.6. The van der Waals surface area contributed by atoms with Crippen molar-refractivity contribution >= 4 is 17.5 Å². The smallest absolute Gasteiger partial charge is 0.260 e. The molecule has 112 valence electrons. The van der Waals surface area contributed by atoms with E-state index in [9.17, 15) is 4.79 Å². The number of halogens is 1. The van der Waals surface area contributed by atoms with E-state index in [1.165, 1.54) is 0 Å². The van der Waals surface area contributed by atoms with Crippen molar-refractivity contribution in [1.29, 1.82) is 0 Å². The van der Waals surface area contributed by atoms with Gasteiger partial charge in [-0.1, -0.05) is 24.6 Å². The number of nitrogens with two attached hydrogens (primary N) is 1. The Morgan fingerprint density at radius 1 is 1.45 bits per heavy atom. The molecule has 4 nitrogen and oxygen atoms in total. The van der Waals surface area contributed by atoms with Gasteiger partial charge in [0.05, 0.1) is 5.02 Å². The van der Waals surface area contributed by atoms with Crippen LogP contribution in [0.15, 0.2) is 18.2 Å². The summed E-state index contributed by atoms with van der Waals surface area (Å²) < 4.78 is 5.57. The number of benzene rings is 1. The Bertz CT molecular complexity index is 451. The van der Waals surface area contributed by atoms with E-state index >= 15 is 0 Å². The number of nitrogens with one attached hydrogen (secondary N) is 1. The van der Waals surface area contributed by atoms with E-state index in [4.69, 9.17) is 22.1 Å². The summed E-state index contributed by atoms with van der Waals surface area (Å²) in [7, 11) is 0. The molecule has 0 saturated carbocycles. The second kappa shape index (κ2) is 8.12. The fourth-order valence-corrected chi connectivity index (χ4v) is 2.02. The van der Waals surface area contributed by atoms with Gasteiger partial charge in [-0.2, -0.15) is 0 Å². The van der Waals surface area contributed by atoms with Gasteiger partial charge in [-0.25, -0.2) is 0 Å². The molecule has 5 heteroatoms. The summed E-state index contributed by atoms with van der Waals surface area (Å²) in [5.41, 5.74) is 6.99. The molecule has 2 unspecified atom stereocenters. The number of likely N-dealkylation sites (N-methyl/N-ethyl adjacent to an activating group) is 1. The quantitative estimate of drug-likeness (QED) is 0.813. The lowest BCUT2D eigenvalue weighted by Crippen LogP contribution is -2.36. The molecular weight excluding hydrogens is 276 g/mol. The second-order valence-electron chi connectivity index (χ2n) is 4.79. The summed E-state index contributed by atoms with van der Waals surface area (Å²) in [6.07, 6.45) is 1.13. The zero-order valence-electron chi connectivity index (χ0n) is 12.3. The lowest BCUT2D eigenvalue weighted by molar-refractivity contribution is -0.127. The van der Waals surface area contributed by atoms with Crippen LogP contribution in [0.1, 0.15) is 32.8 Å². The third kappa shape index (κ3) is 5.02. The molecular formula is C15H23ClN2O2. The summed E-state index contributed by atoms with van der Waals surface area (Å²) in [5, 5.41) is 3.21. The lowest BCUT2D eigenvalue weighted by Gasteiger charge is -2.16. The molecule has 0 spiro atoms. The van der Waals surface area contributed by atoms with Crippen LogP contribution < -0.4 is 15.8 Å². The number of ether oxygens (including phenoxy) is 1. The summed E-state index contributed by atoms with van der Waals surface area (Å²) in [6, 6.07) is 5.69. The van der Waals surface area contributed by atoms with Crippen molar-refractivity contribution in [2.24, 2.45) is 5.73 Å². The van der Waals surface area contributed by atoms with Gasteiger partial charge in [0.15, 0.2) is 6.10 Å². The van der Waals surface area contributed by atoms with Crippen molar-refractivity contribution in [2.45, 2.75) is 45.8 Å². The molecule has 0 heterocycles. The second-order valence-corrected chi connectivity index (χ2v) is 5.20. The van der Waals surface area contributed by atoms with Crippen LogP contribution in [-0.4, -0.2) is 24.6 Å². The third-order valence-corrected chi connectivity index (χ3v) is 3.34. The monoisotopic (exact) mass is 298 g/mol. The van der Waals surface area contributed by atoms with Gasteiger partial charge < -0.3 is 15.8 Å². The first-order valence-corrected chi connectivity index (χ1v) is 7.34. The van der Waals surface area contributed by atoms with Crippen molar-refractivity contribution in [2.75, 3.05) is 6.54 Å². The molecule has 0 radical (unpaired) electrons. The molecule has 0 aliphatic carbocycles. The largest absolute Gasteiger partial charge is 0.479 e. The van der Waals surface area contributed by atoms with E-state index in [2.05, 4.69) is 12.2 Å². The highest BCUT2D eigenvalue weighted by atomic mass is 35.5. The zero-order chi connectivity index (χ0) is 15.1. The van der Waals surface area contributed by atoms with E-state index in [-0.39, 0.29) is 11.9 Å². The summed E-state index contributed by atoms with van der Waals surface area (Å²) >= 11 is 6.18. The van der Waals surface area contributed by atoms with Gasteiger partial charge in [-0.15, -0.1) is 0 Å². The van der Waals surface area contributed by atoms with Crippen LogP contribution in [0.3, 0.4) is 0 Å². The Hall–Kier alpha value is -1.26. The highest BCUT2D eigenvalue weighted by Crippen LogP contribution is 2.27. The average molecular weight is 299 g/mol. The number of amides is 1. The first kappa shape index (κ1) is 16.8. The van der Waals surface area contributed by atoms with Crippen molar-refractivity contribution < 1.29 is 9.53 Å². The Morgan fingerprint density at radius 3 is 2.70 bits per heavy atom. The fourth-order valence-electron chi connectivity index (χ4n) is 1.78. The molecule has 0 aliphatic heterocycles. The van der Waals surface area contributed by atoms with E-state index in [0.717, 1.165) is 18.4 Å². The maximum atomic E-state index is 11.6. The van der Waals surface area contributed by atoms with Crippen molar-refractivity contribution in [3.8, 4) is 5.75 Å². The van der Waals surface area contributed by atoms with Gasteiger partial charge in [0, 0.05) is 12.6 Å². The van der Waals surface area contributed by atoms with Gasteiger partial charge in [0.1, 0.15) is 5.75 Å². The van der Waals surface area contributed by atoms with Crippen LogP contribution >= 0.6 is 11.6 Å². The number of hydrogen-bond acceptors (Lipinski definition) is 3. The van der Waals surface area contributed by atoms with Crippen LogP contribution in [0, 0.1) is 0 Å². The van der Waals surface area contributed by atoms with Gasteiger partial charge in [0.2, 0.25) is 0 Å². The molecule has 1 aromatic rings. The minimum atomic E-state index is -0.573. The lowest BCUT2D eigenvalue weighted by atomic mass is 10.0. The van der Waals surface area contributed by atoms with Crippen LogP contribution in [-0.2, 0) is 11.2 Å². The SMILES string of the molecule is CCNC(=O)C(C)Oc1ccc(CC(N)CC)cc1Cl. The van der Waals surface area contributed by atoms with Crippen molar-refractivity contribution in [1.82, 2.24) is 5.32 Å². The molecule has 3 N–H and O–H groups in total. The summed E-state index contributed by atoms with van der Waals surface area (Å²) in [5.74, 6) is 0.361. The summed E-state index contributed by atoms with van der Waals surface area (Å²) in [6.45, 7) is 6.19. The molecule has 1 aromatic carbocycles. The van der Waals surface area contributed by atoms with E-state index in [0.29, 0.717) is 17.3 Å². The predicted molar refractivity (Wildman–Crippen MR) is 82.2 cm³/mol. The molecule has 0 aliphatic rings. The number of carbonyl (C=O) groups is 1. The van der Waals surface area contributed by atoms with Gasteiger partial charge in [0.25, 0.3) is 5.91 Å². The molecule has 0 saturated heterocycles. The highest BCUT2D eigenvalue weighted by Gasteiger charge is 2.15. The first-order valence-electron chi connectivity index (χ1n) is 6.96. The molecule has 1 rings (SSSR count). The molecule has 20 heavy (non-hydrogen) atoms. The number of hydrogen-bond donors (Lipinski definition) is 2. The van der Waals surface area contributed by atoms with E-state index in [1.54, 1.807) is 13.0 Å². The minimum Gasteiger partial charge on any atom is -0.479 e. The first-order chi connectivity index (χ1) is 9.47. The highest BCUT2D eigenvalue weighted by molar-refractivity contribution is 6.32. The average Bonchev–Trinajstić information content (AvgIpc) is 2.41. The maximum Gasteiger partial charge on any atom is 0.260 e. The van der Waals surface area contributed by atoms with Crippen LogP contribution in [0.25, 0.3) is 0 Å². The molecule has 0 bridgehead atoms. The molecule has 0 aromatic heterocycles. The van der Waals surface area contributed by atoms with Crippen LogP contribution in [0.5, 0.6) is 5.75 Å². The van der Waals surface area contributed by atoms with Gasteiger partial charge in [-0.3, -0.25) is 4.79 Å². The molecule has 1 amide bonds. The van der Waals surface area contributed by atoms with Crippen LogP contribution in [0.4, 0.5) is 0 Å². The topological polar surface area (TPSA) is 64.3 Å². The standard InChI is InChI=1S/C15H23ClN2O2/c1-4-12(17)8-11-6-7-14(13(16)9-11)20-10(3)15(19)18-5-2/h6-7,9-10,12H,4-5,8,17H2,1-3H3,(H,18,19). The van der Waals surface area contributed by atoms with Gasteiger partial charge in [-0.05, 0) is 44.4 Å². The zero-order valence-corrected chi connectivity index (χ0v) is 13.0. The fraction of sp³-hybridized carbons (Fsp3) is 0.533. The predicted octanol–water partition coefficient (Wildman–Crippen LogP) is 2.52. The molecule has 2 atom stereocenters. The Balaban J connectivity index is 2.70. The Morgan fingerprint density at radius 2 is 2.15 bits per heavy atom. The molecule has 0 fully saturated rings. The minimum absolute atomic E-state index is 0.132. The Labute approximate surface area is 125 Å². The maximum absolute atomic E-state index is 11.6. The van der Waals surface area contributed by atoms with Crippen molar-refractivity contribution in [3.63, 3.8) is 0 Å². The van der Waals surface area contributed by atoms with Gasteiger partial charge >= 0.3 is 0 Å².